The highest BCUT2D eigenvalue weighted by atomic mass is 19.2. The lowest BCUT2D eigenvalue weighted by Crippen LogP contribution is -2.01. The van der Waals surface area contributed by atoms with E-state index in [1.54, 1.807) is 12.1 Å². The van der Waals surface area contributed by atoms with Crippen LogP contribution in [0.3, 0.4) is 0 Å². The lowest BCUT2D eigenvalue weighted by atomic mass is 9.98. The zero-order valence-electron chi connectivity index (χ0n) is 16.8. The van der Waals surface area contributed by atoms with Crippen LogP contribution in [0.5, 0.6) is 5.75 Å². The van der Waals surface area contributed by atoms with Gasteiger partial charge in [-0.1, -0.05) is 55.3 Å². The van der Waals surface area contributed by atoms with Crippen LogP contribution in [-0.4, -0.2) is 6.61 Å². The predicted octanol–water partition coefficient (Wildman–Crippen LogP) is 7.73. The van der Waals surface area contributed by atoms with Gasteiger partial charge in [-0.05, 0) is 42.7 Å². The topological polar surface area (TPSA) is 9.23 Å². The number of hydrogen-bond acceptors (Lipinski definition) is 1. The molecule has 3 aromatic carbocycles. The van der Waals surface area contributed by atoms with Crippen LogP contribution in [0.1, 0.15) is 25.3 Å². The minimum Gasteiger partial charge on any atom is -0.490 e. The molecular formula is C25H25F3O. The molecule has 0 amide bonds. The summed E-state index contributed by atoms with van der Waals surface area (Å²) >= 11 is 0. The molecule has 0 unspecified atom stereocenters. The molecule has 152 valence electrons. The maximum Gasteiger partial charge on any atom is 0.201 e. The van der Waals surface area contributed by atoms with Crippen molar-refractivity contribution in [1.29, 1.82) is 0 Å². The summed E-state index contributed by atoms with van der Waals surface area (Å²) in [5.41, 5.74) is 2.51. The Labute approximate surface area is 170 Å². The van der Waals surface area contributed by atoms with E-state index in [0.29, 0.717) is 12.2 Å². The van der Waals surface area contributed by atoms with Crippen LogP contribution in [0.25, 0.3) is 22.3 Å². The van der Waals surface area contributed by atoms with Gasteiger partial charge in [0.25, 0.3) is 0 Å². The van der Waals surface area contributed by atoms with Crippen LogP contribution in [0.2, 0.25) is 0 Å². The van der Waals surface area contributed by atoms with Gasteiger partial charge in [0.15, 0.2) is 11.6 Å². The van der Waals surface area contributed by atoms with Crippen LogP contribution in [0, 0.1) is 24.4 Å². The summed E-state index contributed by atoms with van der Waals surface area (Å²) in [7, 11) is 0. The van der Waals surface area contributed by atoms with Crippen molar-refractivity contribution in [1.82, 2.24) is 0 Å². The van der Waals surface area contributed by atoms with Gasteiger partial charge in [-0.3, -0.25) is 0 Å². The summed E-state index contributed by atoms with van der Waals surface area (Å²) in [5, 5.41) is 0. The predicted molar refractivity (Wildman–Crippen MR) is 114 cm³/mol. The van der Waals surface area contributed by atoms with Gasteiger partial charge in [-0.2, -0.15) is 4.39 Å². The fourth-order valence-electron chi connectivity index (χ4n) is 2.84. The third-order valence-corrected chi connectivity index (χ3v) is 4.44. The molecule has 0 aliphatic heterocycles. The Bertz CT molecular complexity index is 949. The van der Waals surface area contributed by atoms with Gasteiger partial charge in [-0.25, -0.2) is 8.78 Å². The minimum absolute atomic E-state index is 0.00435. The molecule has 0 aromatic heterocycles. The molecule has 0 N–H and O–H groups in total. The van der Waals surface area contributed by atoms with Gasteiger partial charge in [0.1, 0.15) is 5.82 Å². The van der Waals surface area contributed by atoms with Crippen molar-refractivity contribution in [3.05, 3.63) is 90.8 Å². The van der Waals surface area contributed by atoms with E-state index in [1.165, 1.54) is 18.2 Å². The molecule has 0 heterocycles. The van der Waals surface area contributed by atoms with Crippen molar-refractivity contribution >= 4 is 0 Å². The van der Waals surface area contributed by atoms with Gasteiger partial charge in [0.05, 0.1) is 6.61 Å². The van der Waals surface area contributed by atoms with E-state index in [0.717, 1.165) is 24.0 Å². The number of aryl methyl sites for hydroxylation is 1. The Kier molecular flexibility index (Phi) is 8.08. The molecule has 0 saturated heterocycles. The molecule has 3 aromatic rings. The SMILES string of the molecule is C=C.CCCCOc1ccc(-c2ccc(-c3ccc(C)cc3)c(F)c2)c(F)c1F. The van der Waals surface area contributed by atoms with Crippen LogP contribution in [-0.2, 0) is 0 Å². The van der Waals surface area contributed by atoms with Crippen LogP contribution in [0.15, 0.2) is 67.8 Å². The number of ether oxygens (including phenoxy) is 1. The third-order valence-electron chi connectivity index (χ3n) is 4.44. The average molecular weight is 398 g/mol. The van der Waals surface area contributed by atoms with E-state index in [-0.39, 0.29) is 16.9 Å². The van der Waals surface area contributed by atoms with E-state index in [4.69, 9.17) is 4.74 Å². The summed E-state index contributed by atoms with van der Waals surface area (Å²) in [5.74, 6) is -2.70. The molecule has 3 rings (SSSR count). The first kappa shape index (κ1) is 22.3. The number of unbranched alkanes of at least 4 members (excludes halogenated alkanes) is 1. The Morgan fingerprint density at radius 1 is 0.793 bits per heavy atom. The monoisotopic (exact) mass is 398 g/mol. The first-order valence-corrected chi connectivity index (χ1v) is 9.49. The lowest BCUT2D eigenvalue weighted by molar-refractivity contribution is 0.289. The van der Waals surface area contributed by atoms with Crippen molar-refractivity contribution in [2.45, 2.75) is 26.7 Å². The Morgan fingerprint density at radius 3 is 2.03 bits per heavy atom. The van der Waals surface area contributed by atoms with E-state index < -0.39 is 17.5 Å². The summed E-state index contributed by atoms with van der Waals surface area (Å²) < 4.78 is 48.6. The minimum atomic E-state index is -1.05. The molecule has 0 radical (unpaired) electrons. The maximum atomic E-state index is 14.6. The fourth-order valence-corrected chi connectivity index (χ4v) is 2.84. The zero-order valence-corrected chi connectivity index (χ0v) is 16.8. The van der Waals surface area contributed by atoms with Crippen molar-refractivity contribution in [2.75, 3.05) is 6.61 Å². The molecule has 0 aliphatic carbocycles. The van der Waals surface area contributed by atoms with Gasteiger partial charge in [-0.15, -0.1) is 13.2 Å². The summed E-state index contributed by atoms with van der Waals surface area (Å²) in [6.45, 7) is 10.3. The van der Waals surface area contributed by atoms with Crippen molar-refractivity contribution < 1.29 is 17.9 Å². The Hall–Kier alpha value is -3.01. The Morgan fingerprint density at radius 2 is 1.41 bits per heavy atom. The fraction of sp³-hybridized carbons (Fsp3) is 0.200. The molecule has 29 heavy (non-hydrogen) atoms. The summed E-state index contributed by atoms with van der Waals surface area (Å²) in [6.07, 6.45) is 1.66. The van der Waals surface area contributed by atoms with Crippen molar-refractivity contribution in [3.63, 3.8) is 0 Å². The first-order valence-electron chi connectivity index (χ1n) is 9.49. The molecule has 0 fully saturated rings. The average Bonchev–Trinajstić information content (AvgIpc) is 2.74. The molecule has 0 atom stereocenters. The molecule has 1 nitrogen and oxygen atoms in total. The second kappa shape index (κ2) is 10.5. The molecule has 0 aliphatic rings. The van der Waals surface area contributed by atoms with Gasteiger partial charge in [0.2, 0.25) is 5.82 Å². The van der Waals surface area contributed by atoms with Crippen molar-refractivity contribution in [2.24, 2.45) is 0 Å². The smallest absolute Gasteiger partial charge is 0.201 e. The molecular weight excluding hydrogens is 373 g/mol. The standard InChI is InChI=1S/C23H21F3O.C2H4/c1-3-4-13-27-21-12-11-19(22(25)23(21)26)17-9-10-18(20(24)14-17)16-7-5-15(2)6-8-16;1-2/h5-12,14H,3-4,13H2,1-2H3;1-2H2. The first-order chi connectivity index (χ1) is 14.0. The normalized spacial score (nSPS) is 10.2. The highest BCUT2D eigenvalue weighted by molar-refractivity contribution is 5.72. The molecule has 0 spiro atoms. The van der Waals surface area contributed by atoms with Gasteiger partial charge >= 0.3 is 0 Å². The number of benzene rings is 3. The number of rotatable bonds is 6. The zero-order chi connectivity index (χ0) is 21.4. The highest BCUT2D eigenvalue weighted by Crippen LogP contribution is 2.33. The van der Waals surface area contributed by atoms with E-state index >= 15 is 0 Å². The van der Waals surface area contributed by atoms with Gasteiger partial charge < -0.3 is 4.74 Å². The maximum absolute atomic E-state index is 14.6. The van der Waals surface area contributed by atoms with E-state index in [2.05, 4.69) is 13.2 Å². The highest BCUT2D eigenvalue weighted by Gasteiger charge is 2.17. The largest absolute Gasteiger partial charge is 0.490 e. The quantitative estimate of drug-likeness (QED) is 0.305. The van der Waals surface area contributed by atoms with Gasteiger partial charge in [0, 0.05) is 11.1 Å². The molecule has 0 saturated carbocycles. The summed E-state index contributed by atoms with van der Waals surface area (Å²) in [4.78, 5) is 0. The second-order valence-electron chi connectivity index (χ2n) is 6.50. The number of hydrogen-bond donors (Lipinski definition) is 0. The van der Waals surface area contributed by atoms with Crippen molar-refractivity contribution in [3.8, 4) is 28.0 Å². The molecule has 0 bridgehead atoms. The summed E-state index contributed by atoms with van der Waals surface area (Å²) in [6, 6.07) is 14.7. The van der Waals surface area contributed by atoms with Crippen LogP contribution in [0.4, 0.5) is 13.2 Å². The number of halogens is 3. The van der Waals surface area contributed by atoms with E-state index in [9.17, 15) is 13.2 Å². The second-order valence-corrected chi connectivity index (χ2v) is 6.50. The lowest BCUT2D eigenvalue weighted by Gasteiger charge is -2.11. The van der Waals surface area contributed by atoms with E-state index in [1.807, 2.05) is 38.1 Å². The van der Waals surface area contributed by atoms with Crippen LogP contribution < -0.4 is 4.74 Å². The third kappa shape index (κ3) is 5.29. The van der Waals surface area contributed by atoms with Crippen LogP contribution >= 0.6 is 0 Å². The molecule has 4 heteroatoms. The Balaban J connectivity index is 0.00000145.